The van der Waals surface area contributed by atoms with Gasteiger partial charge < -0.3 is 9.73 Å². The third-order valence-electron chi connectivity index (χ3n) is 2.13. The molecular weight excluding hydrogens is 232 g/mol. The topological polar surface area (TPSA) is 72.2 Å². The third kappa shape index (κ3) is 2.91. The van der Waals surface area contributed by atoms with Gasteiger partial charge in [-0.1, -0.05) is 30.3 Å². The fraction of sp³-hybridized carbons (Fsp3) is 0. The SMILES string of the molecule is O=CC(=Cc1ccccc1)NC(=O)c1ncco1. The molecule has 1 aromatic carbocycles. The highest BCUT2D eigenvalue weighted by Crippen LogP contribution is 2.04. The first kappa shape index (κ1) is 11.8. The van der Waals surface area contributed by atoms with Crippen LogP contribution in [0, 0.1) is 0 Å². The first-order valence-electron chi connectivity index (χ1n) is 5.22. The Kier molecular flexibility index (Phi) is 3.66. The van der Waals surface area contributed by atoms with Crippen molar-refractivity contribution in [3.63, 3.8) is 0 Å². The molecule has 0 fully saturated rings. The number of allylic oxidation sites excluding steroid dienone is 1. The van der Waals surface area contributed by atoms with Crippen molar-refractivity contribution >= 4 is 18.3 Å². The minimum Gasteiger partial charge on any atom is -0.441 e. The molecular formula is C13H10N2O3. The summed E-state index contributed by atoms with van der Waals surface area (Å²) >= 11 is 0. The number of carbonyl (C=O) groups is 2. The van der Waals surface area contributed by atoms with E-state index in [1.807, 2.05) is 30.3 Å². The predicted molar refractivity (Wildman–Crippen MR) is 64.5 cm³/mol. The highest BCUT2D eigenvalue weighted by molar-refractivity contribution is 5.96. The van der Waals surface area contributed by atoms with Gasteiger partial charge in [0.25, 0.3) is 5.89 Å². The van der Waals surface area contributed by atoms with E-state index in [0.717, 1.165) is 5.56 Å². The van der Waals surface area contributed by atoms with Crippen LogP contribution < -0.4 is 5.32 Å². The standard InChI is InChI=1S/C13H10N2O3/c16-9-11(8-10-4-2-1-3-5-10)15-12(17)13-14-6-7-18-13/h1-9H,(H,15,17). The number of rotatable bonds is 4. The zero-order chi connectivity index (χ0) is 12.8. The van der Waals surface area contributed by atoms with E-state index in [0.29, 0.717) is 6.29 Å². The molecule has 0 bridgehead atoms. The Morgan fingerprint density at radius 3 is 2.67 bits per heavy atom. The van der Waals surface area contributed by atoms with Gasteiger partial charge in [-0.25, -0.2) is 4.98 Å². The van der Waals surface area contributed by atoms with Gasteiger partial charge in [-0.3, -0.25) is 9.59 Å². The molecule has 1 aromatic heterocycles. The number of oxazole rings is 1. The van der Waals surface area contributed by atoms with Crippen LogP contribution >= 0.6 is 0 Å². The molecule has 2 aromatic rings. The summed E-state index contributed by atoms with van der Waals surface area (Å²) in [6.45, 7) is 0. The minimum atomic E-state index is -0.561. The van der Waals surface area contributed by atoms with Crippen LogP contribution in [0.15, 0.2) is 52.9 Å². The van der Waals surface area contributed by atoms with Crippen LogP contribution in [0.3, 0.4) is 0 Å². The summed E-state index contributed by atoms with van der Waals surface area (Å²) in [6, 6.07) is 9.18. The van der Waals surface area contributed by atoms with Gasteiger partial charge in [-0.2, -0.15) is 0 Å². The number of nitrogens with one attached hydrogen (secondary N) is 1. The average Bonchev–Trinajstić information content (AvgIpc) is 2.93. The molecule has 0 aliphatic carbocycles. The summed E-state index contributed by atoms with van der Waals surface area (Å²) in [7, 11) is 0. The normalized spacial score (nSPS) is 11.0. The molecule has 0 aliphatic rings. The Hall–Kier alpha value is -2.69. The second-order valence-corrected chi connectivity index (χ2v) is 3.42. The lowest BCUT2D eigenvalue weighted by Gasteiger charge is -2.01. The molecule has 0 aliphatic heterocycles. The van der Waals surface area contributed by atoms with Gasteiger partial charge in [-0.05, 0) is 11.6 Å². The fourth-order valence-corrected chi connectivity index (χ4v) is 1.35. The van der Waals surface area contributed by atoms with Crippen LogP contribution in [-0.4, -0.2) is 17.2 Å². The van der Waals surface area contributed by atoms with E-state index in [2.05, 4.69) is 10.3 Å². The van der Waals surface area contributed by atoms with Crippen molar-refractivity contribution in [2.24, 2.45) is 0 Å². The zero-order valence-corrected chi connectivity index (χ0v) is 9.37. The smallest absolute Gasteiger partial charge is 0.311 e. The molecule has 5 heteroatoms. The van der Waals surface area contributed by atoms with Gasteiger partial charge in [0, 0.05) is 0 Å². The predicted octanol–water partition coefficient (Wildman–Crippen LogP) is 1.64. The van der Waals surface area contributed by atoms with Gasteiger partial charge in [0.05, 0.1) is 11.9 Å². The molecule has 90 valence electrons. The number of benzene rings is 1. The first-order valence-corrected chi connectivity index (χ1v) is 5.22. The largest absolute Gasteiger partial charge is 0.441 e. The van der Waals surface area contributed by atoms with Crippen molar-refractivity contribution in [2.75, 3.05) is 0 Å². The Labute approximate surface area is 103 Å². The number of amides is 1. The summed E-state index contributed by atoms with van der Waals surface area (Å²) in [6.07, 6.45) is 4.77. The second-order valence-electron chi connectivity index (χ2n) is 3.42. The van der Waals surface area contributed by atoms with Crippen LogP contribution in [0.4, 0.5) is 0 Å². The Bertz CT molecular complexity index is 559. The van der Waals surface area contributed by atoms with Crippen LogP contribution in [0.25, 0.3) is 6.08 Å². The molecule has 0 unspecified atom stereocenters. The fourth-order valence-electron chi connectivity index (χ4n) is 1.35. The van der Waals surface area contributed by atoms with E-state index in [-0.39, 0.29) is 11.6 Å². The number of aromatic nitrogens is 1. The van der Waals surface area contributed by atoms with Gasteiger partial charge in [0.1, 0.15) is 6.26 Å². The Morgan fingerprint density at radius 2 is 2.06 bits per heavy atom. The molecule has 0 atom stereocenters. The highest BCUT2D eigenvalue weighted by Gasteiger charge is 2.11. The zero-order valence-electron chi connectivity index (χ0n) is 9.37. The van der Waals surface area contributed by atoms with Crippen molar-refractivity contribution in [1.82, 2.24) is 10.3 Å². The van der Waals surface area contributed by atoms with Gasteiger partial charge in [0.15, 0.2) is 6.29 Å². The summed E-state index contributed by atoms with van der Waals surface area (Å²) < 4.78 is 4.82. The van der Waals surface area contributed by atoms with E-state index >= 15 is 0 Å². The Morgan fingerprint density at radius 1 is 1.28 bits per heavy atom. The van der Waals surface area contributed by atoms with Gasteiger partial charge in [0.2, 0.25) is 0 Å². The highest BCUT2D eigenvalue weighted by atomic mass is 16.3. The molecule has 1 amide bonds. The van der Waals surface area contributed by atoms with E-state index < -0.39 is 5.91 Å². The summed E-state index contributed by atoms with van der Waals surface area (Å²) in [4.78, 5) is 26.2. The van der Waals surface area contributed by atoms with E-state index in [1.165, 1.54) is 12.5 Å². The maximum atomic E-state index is 11.6. The van der Waals surface area contributed by atoms with Crippen LogP contribution in [0.5, 0.6) is 0 Å². The lowest BCUT2D eigenvalue weighted by Crippen LogP contribution is -2.23. The maximum absolute atomic E-state index is 11.6. The number of carbonyl (C=O) groups excluding carboxylic acids is 2. The van der Waals surface area contributed by atoms with Crippen molar-refractivity contribution < 1.29 is 14.0 Å². The maximum Gasteiger partial charge on any atom is 0.311 e. The molecule has 1 heterocycles. The molecule has 18 heavy (non-hydrogen) atoms. The van der Waals surface area contributed by atoms with Crippen molar-refractivity contribution in [3.05, 3.63) is 59.9 Å². The van der Waals surface area contributed by atoms with E-state index in [9.17, 15) is 9.59 Å². The van der Waals surface area contributed by atoms with E-state index in [1.54, 1.807) is 6.08 Å². The van der Waals surface area contributed by atoms with Gasteiger partial charge in [-0.15, -0.1) is 0 Å². The molecule has 0 saturated heterocycles. The van der Waals surface area contributed by atoms with Crippen LogP contribution in [0.2, 0.25) is 0 Å². The minimum absolute atomic E-state index is 0.0872. The van der Waals surface area contributed by atoms with Gasteiger partial charge >= 0.3 is 5.91 Å². The van der Waals surface area contributed by atoms with E-state index in [4.69, 9.17) is 4.42 Å². The molecule has 5 nitrogen and oxygen atoms in total. The molecule has 2 rings (SSSR count). The summed E-state index contributed by atoms with van der Waals surface area (Å²) in [5, 5.41) is 2.42. The number of hydrogen-bond acceptors (Lipinski definition) is 4. The molecule has 1 N–H and O–H groups in total. The molecule has 0 spiro atoms. The first-order chi connectivity index (χ1) is 8.79. The van der Waals surface area contributed by atoms with Crippen LogP contribution in [-0.2, 0) is 4.79 Å². The second kappa shape index (κ2) is 5.58. The third-order valence-corrected chi connectivity index (χ3v) is 2.13. The van der Waals surface area contributed by atoms with Crippen LogP contribution in [0.1, 0.15) is 16.2 Å². The lowest BCUT2D eigenvalue weighted by atomic mass is 10.2. The molecule has 0 radical (unpaired) electrons. The van der Waals surface area contributed by atoms with Crippen molar-refractivity contribution in [1.29, 1.82) is 0 Å². The Balaban J connectivity index is 2.13. The monoisotopic (exact) mass is 242 g/mol. The lowest BCUT2D eigenvalue weighted by molar-refractivity contribution is -0.105. The summed E-state index contributed by atoms with van der Waals surface area (Å²) in [5.74, 6) is -0.648. The quantitative estimate of drug-likeness (QED) is 0.653. The van der Waals surface area contributed by atoms with Crippen molar-refractivity contribution in [2.45, 2.75) is 0 Å². The average molecular weight is 242 g/mol. The number of hydrogen-bond donors (Lipinski definition) is 1. The summed E-state index contributed by atoms with van der Waals surface area (Å²) in [5.41, 5.74) is 0.955. The number of nitrogens with zero attached hydrogens (tertiary/aromatic N) is 1. The number of aldehydes is 1. The molecule has 0 saturated carbocycles. The van der Waals surface area contributed by atoms with Crippen molar-refractivity contribution in [3.8, 4) is 0 Å².